The van der Waals surface area contributed by atoms with Crippen LogP contribution in [0, 0.1) is 0 Å². The molecule has 0 spiro atoms. The van der Waals surface area contributed by atoms with Gasteiger partial charge in [0.05, 0.1) is 31.5 Å². The van der Waals surface area contributed by atoms with Crippen LogP contribution in [0.1, 0.15) is 16.9 Å². The number of thiophene rings is 1. The summed E-state index contributed by atoms with van der Waals surface area (Å²) in [6.07, 6.45) is 3.31. The number of aryl methyl sites for hydroxylation is 1. The third kappa shape index (κ3) is 3.78. The summed E-state index contributed by atoms with van der Waals surface area (Å²) in [5.41, 5.74) is 1.14. The van der Waals surface area contributed by atoms with E-state index in [0.29, 0.717) is 26.1 Å². The van der Waals surface area contributed by atoms with Gasteiger partial charge in [-0.05, 0) is 18.4 Å². The molecule has 0 N–H and O–H groups in total. The van der Waals surface area contributed by atoms with Gasteiger partial charge in [0.1, 0.15) is 4.83 Å². The molecule has 0 saturated carbocycles. The molecule has 1 fully saturated rings. The fourth-order valence-corrected chi connectivity index (χ4v) is 5.11. The highest BCUT2D eigenvalue weighted by atomic mass is 32.1. The lowest BCUT2D eigenvalue weighted by molar-refractivity contribution is 0.0369. The molecule has 152 valence electrons. The van der Waals surface area contributed by atoms with Gasteiger partial charge >= 0.3 is 6.03 Å². The zero-order valence-electron chi connectivity index (χ0n) is 16.5. The van der Waals surface area contributed by atoms with Crippen molar-refractivity contribution in [3.05, 3.63) is 27.1 Å². The topological polar surface area (TPSA) is 70.9 Å². The molecule has 0 unspecified atom stereocenters. The van der Waals surface area contributed by atoms with Crippen LogP contribution < -0.4 is 5.56 Å². The molecule has 0 radical (unpaired) electrons. The predicted molar refractivity (Wildman–Crippen MR) is 109 cm³/mol. The molecule has 2 aromatic rings. The number of amides is 2. The highest BCUT2D eigenvalue weighted by Crippen LogP contribution is 2.32. The van der Waals surface area contributed by atoms with E-state index in [9.17, 15) is 9.59 Å². The van der Waals surface area contributed by atoms with Crippen molar-refractivity contribution in [2.75, 3.05) is 53.5 Å². The Bertz CT molecular complexity index is 916. The molecular weight excluding hydrogens is 378 g/mol. The Morgan fingerprint density at radius 1 is 1.25 bits per heavy atom. The van der Waals surface area contributed by atoms with E-state index in [1.165, 1.54) is 0 Å². The van der Waals surface area contributed by atoms with Crippen LogP contribution in [0.5, 0.6) is 0 Å². The molecule has 2 amide bonds. The van der Waals surface area contributed by atoms with E-state index < -0.39 is 0 Å². The Balaban J connectivity index is 1.50. The summed E-state index contributed by atoms with van der Waals surface area (Å²) >= 11 is 1.54. The fraction of sp³-hybridized carbons (Fsp3) is 0.632. The number of hydrogen-bond acceptors (Lipinski definition) is 6. The molecule has 4 heterocycles. The number of urea groups is 1. The number of carbonyl (C=O) groups excluding carboxylic acids is 1. The monoisotopic (exact) mass is 405 g/mol. The molecule has 4 rings (SSSR count). The molecular formula is C19H27N5O3S. The van der Waals surface area contributed by atoms with E-state index in [4.69, 9.17) is 4.74 Å². The minimum absolute atomic E-state index is 0.0107. The van der Waals surface area contributed by atoms with E-state index in [-0.39, 0.29) is 11.6 Å². The first-order valence-corrected chi connectivity index (χ1v) is 10.6. The van der Waals surface area contributed by atoms with Crippen LogP contribution in [0.15, 0.2) is 11.1 Å². The molecule has 0 aromatic carbocycles. The maximum absolute atomic E-state index is 13.1. The Morgan fingerprint density at radius 2 is 2.04 bits per heavy atom. The predicted octanol–water partition coefficient (Wildman–Crippen LogP) is 1.22. The first-order valence-electron chi connectivity index (χ1n) is 9.80. The summed E-state index contributed by atoms with van der Waals surface area (Å²) in [6, 6.07) is 0.0107. The van der Waals surface area contributed by atoms with E-state index in [1.54, 1.807) is 41.2 Å². The Hall–Kier alpha value is -1.97. The second-order valence-electron chi connectivity index (χ2n) is 7.58. The van der Waals surface area contributed by atoms with Gasteiger partial charge in [-0.15, -0.1) is 11.3 Å². The average Bonchev–Trinajstić information content (AvgIpc) is 3.08. The van der Waals surface area contributed by atoms with Crippen molar-refractivity contribution in [2.24, 2.45) is 0 Å². The van der Waals surface area contributed by atoms with Crippen LogP contribution in [0.2, 0.25) is 0 Å². The van der Waals surface area contributed by atoms with Crippen LogP contribution in [0.25, 0.3) is 10.2 Å². The average molecular weight is 406 g/mol. The number of ether oxygens (including phenoxy) is 1. The van der Waals surface area contributed by atoms with Crippen LogP contribution in [0.3, 0.4) is 0 Å². The fourth-order valence-electron chi connectivity index (χ4n) is 3.91. The van der Waals surface area contributed by atoms with Crippen LogP contribution in [-0.2, 0) is 24.2 Å². The lowest BCUT2D eigenvalue weighted by Gasteiger charge is -2.29. The van der Waals surface area contributed by atoms with Gasteiger partial charge < -0.3 is 14.5 Å². The van der Waals surface area contributed by atoms with Crippen molar-refractivity contribution in [1.29, 1.82) is 0 Å². The molecule has 0 atom stereocenters. The molecule has 2 aromatic heterocycles. The largest absolute Gasteiger partial charge is 0.379 e. The van der Waals surface area contributed by atoms with Gasteiger partial charge in [-0.3, -0.25) is 14.3 Å². The van der Waals surface area contributed by atoms with Crippen molar-refractivity contribution in [3.8, 4) is 0 Å². The second kappa shape index (κ2) is 8.18. The number of nitrogens with zero attached hydrogens (tertiary/aromatic N) is 5. The van der Waals surface area contributed by atoms with Crippen molar-refractivity contribution < 1.29 is 9.53 Å². The van der Waals surface area contributed by atoms with Crippen LogP contribution in [0.4, 0.5) is 4.79 Å². The Labute approximate surface area is 168 Å². The molecule has 2 aliphatic heterocycles. The first-order chi connectivity index (χ1) is 13.5. The lowest BCUT2D eigenvalue weighted by Crippen LogP contribution is -2.41. The summed E-state index contributed by atoms with van der Waals surface area (Å²) in [5.74, 6) is 0. The van der Waals surface area contributed by atoms with Gasteiger partial charge in [0.2, 0.25) is 0 Å². The Kier molecular flexibility index (Phi) is 5.65. The number of aromatic nitrogens is 2. The van der Waals surface area contributed by atoms with Gasteiger partial charge in [0, 0.05) is 51.7 Å². The normalized spacial score (nSPS) is 17.7. The third-order valence-electron chi connectivity index (χ3n) is 5.46. The molecule has 0 aliphatic carbocycles. The van der Waals surface area contributed by atoms with Crippen molar-refractivity contribution in [1.82, 2.24) is 24.3 Å². The number of carbonyl (C=O) groups is 1. The van der Waals surface area contributed by atoms with Crippen LogP contribution >= 0.6 is 11.3 Å². The molecule has 0 bridgehead atoms. The number of hydrogen-bond donors (Lipinski definition) is 0. The quantitative estimate of drug-likeness (QED) is 0.765. The first kappa shape index (κ1) is 19.4. The summed E-state index contributed by atoms with van der Waals surface area (Å²) in [5, 5.41) is 0.755. The smallest absolute Gasteiger partial charge is 0.319 e. The summed E-state index contributed by atoms with van der Waals surface area (Å²) in [6.45, 7) is 6.36. The van der Waals surface area contributed by atoms with Crippen molar-refractivity contribution in [3.63, 3.8) is 0 Å². The second-order valence-corrected chi connectivity index (χ2v) is 8.67. The number of morpholine rings is 1. The van der Waals surface area contributed by atoms with Gasteiger partial charge in [0.15, 0.2) is 0 Å². The maximum Gasteiger partial charge on any atom is 0.319 e. The van der Waals surface area contributed by atoms with Crippen molar-refractivity contribution >= 4 is 27.6 Å². The van der Waals surface area contributed by atoms with Crippen LogP contribution in [-0.4, -0.2) is 83.8 Å². The third-order valence-corrected chi connectivity index (χ3v) is 6.58. The maximum atomic E-state index is 13.1. The summed E-state index contributed by atoms with van der Waals surface area (Å²) in [4.78, 5) is 37.6. The molecule has 28 heavy (non-hydrogen) atoms. The van der Waals surface area contributed by atoms with E-state index in [1.807, 2.05) is 4.90 Å². The SMILES string of the molecule is CN(C)C(=O)N1CCc2c(sc3ncn(CCCN4CCOCC4)c(=O)c23)C1. The molecule has 2 aliphatic rings. The Morgan fingerprint density at radius 3 is 2.79 bits per heavy atom. The number of fused-ring (bicyclic) bond motifs is 3. The highest BCUT2D eigenvalue weighted by Gasteiger charge is 2.27. The van der Waals surface area contributed by atoms with E-state index >= 15 is 0 Å². The number of rotatable bonds is 4. The highest BCUT2D eigenvalue weighted by molar-refractivity contribution is 7.18. The van der Waals surface area contributed by atoms with Gasteiger partial charge in [-0.25, -0.2) is 9.78 Å². The molecule has 9 heteroatoms. The van der Waals surface area contributed by atoms with E-state index in [0.717, 1.165) is 59.9 Å². The van der Waals surface area contributed by atoms with E-state index in [2.05, 4.69) is 9.88 Å². The van der Waals surface area contributed by atoms with Gasteiger partial charge in [-0.1, -0.05) is 0 Å². The summed E-state index contributed by atoms with van der Waals surface area (Å²) < 4.78 is 7.12. The zero-order chi connectivity index (χ0) is 19.7. The van der Waals surface area contributed by atoms with Crippen molar-refractivity contribution in [2.45, 2.75) is 25.9 Å². The molecule has 8 nitrogen and oxygen atoms in total. The lowest BCUT2D eigenvalue weighted by atomic mass is 10.1. The standard InChI is InChI=1S/C19H27N5O3S/c1-21(2)19(26)23-7-4-14-15(12-23)28-17-16(14)18(25)24(13-20-17)6-3-5-22-8-10-27-11-9-22/h13H,3-12H2,1-2H3. The zero-order valence-corrected chi connectivity index (χ0v) is 17.3. The van der Waals surface area contributed by atoms with Gasteiger partial charge in [0.25, 0.3) is 5.56 Å². The van der Waals surface area contributed by atoms with Gasteiger partial charge in [-0.2, -0.15) is 0 Å². The summed E-state index contributed by atoms with van der Waals surface area (Å²) in [7, 11) is 3.53. The minimum atomic E-state index is 0.0107. The molecule has 1 saturated heterocycles. The minimum Gasteiger partial charge on any atom is -0.379 e.